The molecule has 1 aromatic rings. The summed E-state index contributed by atoms with van der Waals surface area (Å²) in [5, 5.41) is 0.514. The molecule has 1 fully saturated rings. The Morgan fingerprint density at radius 2 is 1.74 bits per heavy atom. The SMILES string of the molecule is FC(F)(F)c1ccc(C(Cl)=CC2SCCCS2)cc1. The number of alkyl halides is 3. The summed E-state index contributed by atoms with van der Waals surface area (Å²) in [6, 6.07) is 4.96. The number of hydrogen-bond donors (Lipinski definition) is 0. The molecule has 104 valence electrons. The molecule has 1 aliphatic heterocycles. The lowest BCUT2D eigenvalue weighted by Gasteiger charge is -2.18. The van der Waals surface area contributed by atoms with E-state index in [9.17, 15) is 13.2 Å². The third kappa shape index (κ3) is 4.36. The second kappa shape index (κ2) is 6.46. The Morgan fingerprint density at radius 3 is 2.26 bits per heavy atom. The Hall–Kier alpha value is -0.260. The van der Waals surface area contributed by atoms with Crippen molar-refractivity contribution in [3.05, 3.63) is 41.5 Å². The van der Waals surface area contributed by atoms with Gasteiger partial charge in [-0.05, 0) is 41.7 Å². The van der Waals surface area contributed by atoms with Crippen molar-refractivity contribution in [3.63, 3.8) is 0 Å². The number of hydrogen-bond acceptors (Lipinski definition) is 2. The summed E-state index contributed by atoms with van der Waals surface area (Å²) in [4.78, 5) is 0. The Bertz CT molecular complexity index is 448. The van der Waals surface area contributed by atoms with Gasteiger partial charge in [0.1, 0.15) is 0 Å². The second-order valence-corrected chi connectivity index (χ2v) is 7.26. The molecule has 19 heavy (non-hydrogen) atoms. The van der Waals surface area contributed by atoms with Gasteiger partial charge in [0.05, 0.1) is 10.1 Å². The molecule has 0 spiro atoms. The maximum Gasteiger partial charge on any atom is 0.416 e. The lowest BCUT2D eigenvalue weighted by molar-refractivity contribution is -0.137. The molecular weight excluding hydrogens is 313 g/mol. The monoisotopic (exact) mass is 324 g/mol. The van der Waals surface area contributed by atoms with Gasteiger partial charge >= 0.3 is 6.18 Å². The van der Waals surface area contributed by atoms with Crippen LogP contribution in [0.3, 0.4) is 0 Å². The molecule has 1 heterocycles. The summed E-state index contributed by atoms with van der Waals surface area (Å²) in [5.74, 6) is 2.21. The second-order valence-electron chi connectivity index (χ2n) is 4.05. The van der Waals surface area contributed by atoms with Crippen LogP contribution >= 0.6 is 35.1 Å². The molecule has 1 aliphatic rings. The standard InChI is InChI=1S/C13H12ClF3S2/c14-11(8-12-18-6-1-7-19-12)9-2-4-10(5-3-9)13(15,16)17/h2-5,8,12H,1,6-7H2. The molecule has 0 amide bonds. The summed E-state index contributed by atoms with van der Waals surface area (Å²) in [6.07, 6.45) is -1.19. The zero-order valence-corrected chi connectivity index (χ0v) is 12.3. The number of halogens is 4. The number of thioether (sulfide) groups is 2. The lowest BCUT2D eigenvalue weighted by atomic mass is 10.1. The molecule has 2 rings (SSSR count). The molecular formula is C13H12ClF3S2. The van der Waals surface area contributed by atoms with E-state index in [1.54, 1.807) is 0 Å². The van der Waals surface area contributed by atoms with Crippen LogP contribution < -0.4 is 0 Å². The summed E-state index contributed by atoms with van der Waals surface area (Å²) < 4.78 is 37.6. The first-order chi connectivity index (χ1) is 8.97. The molecule has 0 saturated carbocycles. The van der Waals surface area contributed by atoms with Gasteiger partial charge in [-0.15, -0.1) is 23.5 Å². The van der Waals surface area contributed by atoms with E-state index in [0.717, 1.165) is 23.6 Å². The highest BCUT2D eigenvalue weighted by molar-refractivity contribution is 8.17. The van der Waals surface area contributed by atoms with Gasteiger partial charge in [0, 0.05) is 5.03 Å². The molecule has 0 aliphatic carbocycles. The van der Waals surface area contributed by atoms with Crippen molar-refractivity contribution >= 4 is 40.2 Å². The molecule has 0 N–H and O–H groups in total. The minimum atomic E-state index is -4.30. The maximum absolute atomic E-state index is 12.4. The molecule has 6 heteroatoms. The third-order valence-corrected chi connectivity index (χ3v) is 5.76. The molecule has 1 aromatic carbocycles. The van der Waals surface area contributed by atoms with Gasteiger partial charge in [0.25, 0.3) is 0 Å². The Kier molecular flexibility index (Phi) is 5.15. The largest absolute Gasteiger partial charge is 0.416 e. The lowest BCUT2D eigenvalue weighted by Crippen LogP contribution is -2.05. The average Bonchev–Trinajstić information content (AvgIpc) is 2.39. The molecule has 0 bridgehead atoms. The molecule has 0 nitrogen and oxygen atoms in total. The molecule has 0 radical (unpaired) electrons. The van der Waals surface area contributed by atoms with Crippen LogP contribution in [-0.2, 0) is 6.18 Å². The fraction of sp³-hybridized carbons (Fsp3) is 0.385. The van der Waals surface area contributed by atoms with E-state index in [1.807, 2.05) is 29.6 Å². The Labute approximate surface area is 123 Å². The van der Waals surface area contributed by atoms with Gasteiger partial charge in [-0.1, -0.05) is 23.7 Å². The molecule has 0 unspecified atom stereocenters. The minimum Gasteiger partial charge on any atom is -0.166 e. The summed E-state index contributed by atoms with van der Waals surface area (Å²) in [7, 11) is 0. The van der Waals surface area contributed by atoms with Crippen LogP contribution in [0.15, 0.2) is 30.3 Å². The number of rotatable bonds is 2. The molecule has 1 saturated heterocycles. The van der Waals surface area contributed by atoms with E-state index in [0.29, 0.717) is 15.2 Å². The molecule has 0 aromatic heterocycles. The van der Waals surface area contributed by atoms with Gasteiger partial charge in [-0.3, -0.25) is 0 Å². The summed E-state index contributed by atoms with van der Waals surface area (Å²) in [6.45, 7) is 0. The van der Waals surface area contributed by atoms with Crippen LogP contribution in [0.25, 0.3) is 5.03 Å². The van der Waals surface area contributed by atoms with Crippen molar-refractivity contribution < 1.29 is 13.2 Å². The smallest absolute Gasteiger partial charge is 0.166 e. The van der Waals surface area contributed by atoms with Crippen LogP contribution in [0.5, 0.6) is 0 Å². The quantitative estimate of drug-likeness (QED) is 0.706. The van der Waals surface area contributed by atoms with Crippen LogP contribution in [0.2, 0.25) is 0 Å². The zero-order valence-electron chi connectivity index (χ0n) is 9.91. The van der Waals surface area contributed by atoms with Crippen molar-refractivity contribution in [2.24, 2.45) is 0 Å². The Balaban J connectivity index is 2.10. The van der Waals surface area contributed by atoms with Crippen LogP contribution in [0, 0.1) is 0 Å². The fourth-order valence-corrected chi connectivity index (χ4v) is 4.73. The predicted molar refractivity (Wildman–Crippen MR) is 78.6 cm³/mol. The van der Waals surface area contributed by atoms with E-state index < -0.39 is 11.7 Å². The maximum atomic E-state index is 12.4. The highest BCUT2D eigenvalue weighted by atomic mass is 35.5. The van der Waals surface area contributed by atoms with E-state index >= 15 is 0 Å². The predicted octanol–water partition coefficient (Wildman–Crippen LogP) is 5.48. The number of benzene rings is 1. The van der Waals surface area contributed by atoms with Gasteiger partial charge in [-0.2, -0.15) is 13.2 Å². The van der Waals surface area contributed by atoms with Crippen LogP contribution in [0.4, 0.5) is 13.2 Å². The van der Waals surface area contributed by atoms with Crippen molar-refractivity contribution in [1.29, 1.82) is 0 Å². The van der Waals surface area contributed by atoms with E-state index in [2.05, 4.69) is 0 Å². The van der Waals surface area contributed by atoms with Gasteiger partial charge in [-0.25, -0.2) is 0 Å². The van der Waals surface area contributed by atoms with E-state index in [-0.39, 0.29) is 0 Å². The summed E-state index contributed by atoms with van der Waals surface area (Å²) in [5.41, 5.74) is -0.0245. The highest BCUT2D eigenvalue weighted by Gasteiger charge is 2.30. The highest BCUT2D eigenvalue weighted by Crippen LogP contribution is 2.35. The van der Waals surface area contributed by atoms with Crippen molar-refractivity contribution in [3.8, 4) is 0 Å². The Morgan fingerprint density at radius 1 is 1.16 bits per heavy atom. The normalized spacial score (nSPS) is 18.6. The topological polar surface area (TPSA) is 0 Å². The van der Waals surface area contributed by atoms with Crippen LogP contribution in [-0.4, -0.2) is 16.1 Å². The third-order valence-electron chi connectivity index (χ3n) is 2.62. The zero-order chi connectivity index (χ0) is 13.9. The first-order valence-corrected chi connectivity index (χ1v) is 8.22. The van der Waals surface area contributed by atoms with Crippen molar-refractivity contribution in [2.45, 2.75) is 17.2 Å². The van der Waals surface area contributed by atoms with Crippen LogP contribution in [0.1, 0.15) is 17.5 Å². The van der Waals surface area contributed by atoms with Gasteiger partial charge in [0.2, 0.25) is 0 Å². The fourth-order valence-electron chi connectivity index (χ4n) is 1.64. The van der Waals surface area contributed by atoms with Gasteiger partial charge in [0.15, 0.2) is 0 Å². The first-order valence-electron chi connectivity index (χ1n) is 5.75. The molecule has 0 atom stereocenters. The minimum absolute atomic E-state index is 0.295. The van der Waals surface area contributed by atoms with Gasteiger partial charge < -0.3 is 0 Å². The van der Waals surface area contributed by atoms with Crippen molar-refractivity contribution in [2.75, 3.05) is 11.5 Å². The van der Waals surface area contributed by atoms with E-state index in [1.165, 1.54) is 18.6 Å². The first kappa shape index (κ1) is 15.1. The average molecular weight is 325 g/mol. The van der Waals surface area contributed by atoms with E-state index in [4.69, 9.17) is 11.6 Å². The van der Waals surface area contributed by atoms with Crippen molar-refractivity contribution in [1.82, 2.24) is 0 Å². The summed E-state index contributed by atoms with van der Waals surface area (Å²) >= 11 is 9.79.